The van der Waals surface area contributed by atoms with Crippen molar-refractivity contribution in [2.45, 2.75) is 17.9 Å². The average Bonchev–Trinajstić information content (AvgIpc) is 2.89. The van der Waals surface area contributed by atoms with E-state index in [9.17, 15) is 17.6 Å². The fourth-order valence-corrected chi connectivity index (χ4v) is 6.21. The minimum absolute atomic E-state index is 0.0747. The van der Waals surface area contributed by atoms with Gasteiger partial charge in [0.1, 0.15) is 11.6 Å². The number of halogens is 2. The van der Waals surface area contributed by atoms with Gasteiger partial charge in [0.25, 0.3) is 5.56 Å². The molecule has 0 radical (unpaired) electrons. The van der Waals surface area contributed by atoms with Crippen molar-refractivity contribution in [2.24, 2.45) is 0 Å². The van der Waals surface area contributed by atoms with E-state index in [0.29, 0.717) is 35.5 Å². The predicted molar refractivity (Wildman–Crippen MR) is 140 cm³/mol. The molecule has 36 heavy (non-hydrogen) atoms. The second kappa shape index (κ2) is 9.85. The van der Waals surface area contributed by atoms with E-state index in [0.717, 1.165) is 16.6 Å². The lowest BCUT2D eigenvalue weighted by atomic mass is 10.1. The summed E-state index contributed by atoms with van der Waals surface area (Å²) in [7, 11) is -3.72. The molecule has 5 rings (SSSR count). The lowest BCUT2D eigenvalue weighted by molar-refractivity contribution is 0.140. The molecule has 1 aliphatic heterocycles. The molecule has 1 aliphatic rings. The summed E-state index contributed by atoms with van der Waals surface area (Å²) in [6, 6.07) is 19.4. The van der Waals surface area contributed by atoms with E-state index in [-0.39, 0.29) is 29.6 Å². The average molecular weight is 571 g/mol. The first kappa shape index (κ1) is 24.8. The van der Waals surface area contributed by atoms with E-state index in [1.165, 1.54) is 16.4 Å². The van der Waals surface area contributed by atoms with Crippen molar-refractivity contribution >= 4 is 36.9 Å². The highest BCUT2D eigenvalue weighted by Crippen LogP contribution is 2.26. The first-order valence-electron chi connectivity index (χ1n) is 11.5. The largest absolute Gasteiger partial charge is 0.291 e. The van der Waals surface area contributed by atoms with Crippen molar-refractivity contribution in [2.75, 3.05) is 26.2 Å². The Balaban J connectivity index is 1.46. The maximum absolute atomic E-state index is 13.6. The zero-order valence-electron chi connectivity index (χ0n) is 19.5. The Morgan fingerprint density at radius 1 is 0.917 bits per heavy atom. The minimum Gasteiger partial charge on any atom is -0.291 e. The highest BCUT2D eigenvalue weighted by atomic mass is 79.9. The highest BCUT2D eigenvalue weighted by Gasteiger charge is 2.32. The first-order valence-corrected chi connectivity index (χ1v) is 13.8. The van der Waals surface area contributed by atoms with Crippen molar-refractivity contribution in [1.82, 2.24) is 18.8 Å². The Kier molecular flexibility index (Phi) is 6.78. The molecular weight excluding hydrogens is 547 g/mol. The highest BCUT2D eigenvalue weighted by molar-refractivity contribution is 9.10. The maximum atomic E-state index is 13.6. The molecule has 0 bridgehead atoms. The topological polar surface area (TPSA) is 75.5 Å². The van der Waals surface area contributed by atoms with E-state index >= 15 is 0 Å². The molecule has 0 unspecified atom stereocenters. The van der Waals surface area contributed by atoms with Gasteiger partial charge < -0.3 is 0 Å². The molecule has 7 nitrogen and oxygen atoms in total. The van der Waals surface area contributed by atoms with Crippen LogP contribution < -0.4 is 5.56 Å². The molecule has 0 saturated carbocycles. The van der Waals surface area contributed by atoms with Gasteiger partial charge in [-0.3, -0.25) is 14.3 Å². The lowest BCUT2D eigenvalue weighted by Gasteiger charge is -2.37. The van der Waals surface area contributed by atoms with Crippen LogP contribution in [0.2, 0.25) is 0 Å². The fraction of sp³-hybridized carbons (Fsp3) is 0.231. The van der Waals surface area contributed by atoms with Crippen molar-refractivity contribution in [3.63, 3.8) is 0 Å². The Morgan fingerprint density at radius 2 is 1.56 bits per heavy atom. The van der Waals surface area contributed by atoms with Crippen LogP contribution in [-0.2, 0) is 10.0 Å². The van der Waals surface area contributed by atoms with Crippen LogP contribution in [0.15, 0.2) is 87.0 Å². The zero-order valence-corrected chi connectivity index (χ0v) is 21.9. The molecule has 0 amide bonds. The summed E-state index contributed by atoms with van der Waals surface area (Å²) in [5.41, 5.74) is 1.18. The van der Waals surface area contributed by atoms with Crippen LogP contribution in [0.3, 0.4) is 0 Å². The normalized spacial score (nSPS) is 16.3. The third-order valence-electron chi connectivity index (χ3n) is 6.53. The summed E-state index contributed by atoms with van der Waals surface area (Å²) in [6.45, 7) is 3.46. The van der Waals surface area contributed by atoms with E-state index in [1.807, 2.05) is 49.4 Å². The Labute approximate surface area is 217 Å². The Hall–Kier alpha value is -2.92. The molecule has 0 spiro atoms. The van der Waals surface area contributed by atoms with Crippen LogP contribution >= 0.6 is 15.9 Å². The summed E-state index contributed by atoms with van der Waals surface area (Å²) in [5, 5.41) is 0.534. The molecule has 1 saturated heterocycles. The zero-order chi connectivity index (χ0) is 25.4. The second-order valence-corrected chi connectivity index (χ2v) is 11.5. The molecule has 0 N–H and O–H groups in total. The minimum atomic E-state index is -3.72. The van der Waals surface area contributed by atoms with Crippen LogP contribution in [0.4, 0.5) is 4.39 Å². The number of rotatable bonds is 5. The summed E-state index contributed by atoms with van der Waals surface area (Å²) in [5.74, 6) is 0.114. The SMILES string of the molecule is C[C@H](c1nc2ccccc2c(=O)n1-c1ccc(Br)cc1)N1CCN(S(=O)(=O)c2ccc(F)cc2)CC1. The standard InChI is InChI=1S/C26H24BrFN4O3S/c1-18(30-14-16-31(17-15-30)36(34,35)22-12-8-20(28)9-13-22)25-29-24-5-3-2-4-23(24)26(33)32(25)21-10-6-19(27)7-11-21/h2-13,18H,14-17H2,1H3/t18-/m1/s1. The van der Waals surface area contributed by atoms with Gasteiger partial charge in [-0.1, -0.05) is 28.1 Å². The third kappa shape index (κ3) is 4.61. The molecule has 2 heterocycles. The number of benzene rings is 3. The van der Waals surface area contributed by atoms with Gasteiger partial charge in [0, 0.05) is 30.7 Å². The number of aromatic nitrogens is 2. The van der Waals surface area contributed by atoms with E-state index < -0.39 is 15.8 Å². The van der Waals surface area contributed by atoms with Crippen LogP contribution in [0.5, 0.6) is 0 Å². The van der Waals surface area contributed by atoms with E-state index in [4.69, 9.17) is 4.98 Å². The number of hydrogen-bond acceptors (Lipinski definition) is 5. The number of nitrogens with zero attached hydrogens (tertiary/aromatic N) is 4. The summed E-state index contributed by atoms with van der Waals surface area (Å²) in [6.07, 6.45) is 0. The van der Waals surface area contributed by atoms with Crippen molar-refractivity contribution in [3.05, 3.63) is 99.3 Å². The third-order valence-corrected chi connectivity index (χ3v) is 8.97. The predicted octanol–water partition coefficient (Wildman–Crippen LogP) is 4.35. The van der Waals surface area contributed by atoms with Gasteiger partial charge in [-0.25, -0.2) is 17.8 Å². The summed E-state index contributed by atoms with van der Waals surface area (Å²) >= 11 is 3.44. The first-order chi connectivity index (χ1) is 17.3. The van der Waals surface area contributed by atoms with Crippen molar-refractivity contribution < 1.29 is 12.8 Å². The van der Waals surface area contributed by atoms with Crippen LogP contribution in [0.25, 0.3) is 16.6 Å². The monoisotopic (exact) mass is 570 g/mol. The van der Waals surface area contributed by atoms with Gasteiger partial charge in [-0.05, 0) is 67.6 Å². The molecule has 1 aromatic heterocycles. The number of piperazine rings is 1. The quantitative estimate of drug-likeness (QED) is 0.356. The smallest absolute Gasteiger partial charge is 0.266 e. The number of fused-ring (bicyclic) bond motifs is 1. The van der Waals surface area contributed by atoms with Gasteiger partial charge in [-0.15, -0.1) is 0 Å². The molecule has 186 valence electrons. The molecule has 1 atom stereocenters. The van der Waals surface area contributed by atoms with E-state index in [1.54, 1.807) is 10.6 Å². The number of hydrogen-bond donors (Lipinski definition) is 0. The Bertz CT molecular complexity index is 1570. The summed E-state index contributed by atoms with van der Waals surface area (Å²) in [4.78, 5) is 20.6. The summed E-state index contributed by atoms with van der Waals surface area (Å²) < 4.78 is 43.3. The van der Waals surface area contributed by atoms with Gasteiger partial charge in [0.05, 0.1) is 27.5 Å². The van der Waals surface area contributed by atoms with Crippen molar-refractivity contribution in [3.8, 4) is 5.69 Å². The number of sulfonamides is 1. The lowest BCUT2D eigenvalue weighted by Crippen LogP contribution is -2.49. The molecule has 4 aromatic rings. The van der Waals surface area contributed by atoms with Gasteiger partial charge in [0.15, 0.2) is 0 Å². The van der Waals surface area contributed by atoms with Crippen molar-refractivity contribution in [1.29, 1.82) is 0 Å². The fourth-order valence-electron chi connectivity index (χ4n) is 4.52. The number of para-hydroxylation sites is 1. The second-order valence-electron chi connectivity index (χ2n) is 8.67. The molecular formula is C26H24BrFN4O3S. The Morgan fingerprint density at radius 3 is 2.22 bits per heavy atom. The van der Waals surface area contributed by atoms with Gasteiger partial charge in [-0.2, -0.15) is 4.31 Å². The maximum Gasteiger partial charge on any atom is 0.266 e. The van der Waals surface area contributed by atoms with Gasteiger partial charge in [0.2, 0.25) is 10.0 Å². The molecule has 3 aromatic carbocycles. The van der Waals surface area contributed by atoms with Crippen LogP contribution in [0, 0.1) is 5.82 Å². The molecule has 0 aliphatic carbocycles. The van der Waals surface area contributed by atoms with E-state index in [2.05, 4.69) is 20.8 Å². The van der Waals surface area contributed by atoms with Crippen LogP contribution in [0.1, 0.15) is 18.8 Å². The van der Waals surface area contributed by atoms with Crippen LogP contribution in [-0.4, -0.2) is 53.4 Å². The molecule has 1 fully saturated rings. The molecule has 10 heteroatoms. The van der Waals surface area contributed by atoms with Gasteiger partial charge >= 0.3 is 0 Å².